The lowest BCUT2D eigenvalue weighted by molar-refractivity contribution is 0.0936. The van der Waals surface area contributed by atoms with Crippen LogP contribution >= 0.6 is 11.6 Å². The zero-order valence-electron chi connectivity index (χ0n) is 12.9. The lowest BCUT2D eigenvalue weighted by atomic mass is 10.1. The first-order valence-corrected chi connectivity index (χ1v) is 7.77. The highest BCUT2D eigenvalue weighted by molar-refractivity contribution is 6.33. The maximum atomic E-state index is 13.8. The second-order valence-electron chi connectivity index (χ2n) is 5.35. The summed E-state index contributed by atoms with van der Waals surface area (Å²) >= 11 is 5.92. The number of nitrogens with one attached hydrogen (secondary N) is 1. The van der Waals surface area contributed by atoms with E-state index in [0.29, 0.717) is 0 Å². The molecule has 3 aromatic rings. The van der Waals surface area contributed by atoms with Gasteiger partial charge in [-0.25, -0.2) is 9.37 Å². The number of benzene rings is 2. The van der Waals surface area contributed by atoms with E-state index in [1.54, 1.807) is 12.5 Å². The van der Waals surface area contributed by atoms with E-state index in [2.05, 4.69) is 10.3 Å². The van der Waals surface area contributed by atoms with Crippen LogP contribution in [0.3, 0.4) is 0 Å². The van der Waals surface area contributed by atoms with E-state index in [1.165, 1.54) is 18.2 Å². The van der Waals surface area contributed by atoms with Crippen LogP contribution in [0.4, 0.5) is 4.39 Å². The highest BCUT2D eigenvalue weighted by Gasteiger charge is 2.18. The molecule has 0 saturated carbocycles. The average Bonchev–Trinajstić information content (AvgIpc) is 3.09. The van der Waals surface area contributed by atoms with Crippen molar-refractivity contribution in [3.63, 3.8) is 0 Å². The molecule has 0 unspecified atom stereocenters. The van der Waals surface area contributed by atoms with Crippen LogP contribution in [0.1, 0.15) is 28.9 Å². The first kappa shape index (κ1) is 16.2. The summed E-state index contributed by atoms with van der Waals surface area (Å²) in [5.74, 6) is -1.17. The molecule has 0 aliphatic carbocycles. The minimum absolute atomic E-state index is 0.0927. The highest BCUT2D eigenvalue weighted by Crippen LogP contribution is 2.21. The van der Waals surface area contributed by atoms with E-state index in [9.17, 15) is 9.18 Å². The van der Waals surface area contributed by atoms with Gasteiger partial charge in [-0.15, -0.1) is 0 Å². The maximum Gasteiger partial charge on any atom is 0.256 e. The van der Waals surface area contributed by atoms with Crippen molar-refractivity contribution in [1.82, 2.24) is 14.9 Å². The number of hydrogen-bond acceptors (Lipinski definition) is 2. The van der Waals surface area contributed by atoms with E-state index in [0.717, 1.165) is 11.3 Å². The molecule has 0 aliphatic rings. The molecule has 0 saturated heterocycles. The van der Waals surface area contributed by atoms with Gasteiger partial charge in [0.05, 0.1) is 23.0 Å². The molecule has 1 amide bonds. The van der Waals surface area contributed by atoms with Gasteiger partial charge < -0.3 is 9.88 Å². The van der Waals surface area contributed by atoms with Gasteiger partial charge >= 0.3 is 0 Å². The molecule has 1 atom stereocenters. The minimum Gasteiger partial charge on any atom is -0.345 e. The topological polar surface area (TPSA) is 46.9 Å². The zero-order valence-corrected chi connectivity index (χ0v) is 13.7. The van der Waals surface area contributed by atoms with Crippen molar-refractivity contribution in [3.8, 4) is 5.69 Å². The zero-order chi connectivity index (χ0) is 17.1. The van der Waals surface area contributed by atoms with Gasteiger partial charge in [0.1, 0.15) is 5.82 Å². The molecule has 122 valence electrons. The van der Waals surface area contributed by atoms with Gasteiger partial charge in [-0.05, 0) is 36.8 Å². The smallest absolute Gasteiger partial charge is 0.256 e. The molecule has 1 aromatic heterocycles. The third-order valence-electron chi connectivity index (χ3n) is 3.73. The fourth-order valence-electron chi connectivity index (χ4n) is 2.41. The summed E-state index contributed by atoms with van der Waals surface area (Å²) in [7, 11) is 0. The number of imidazole rings is 1. The summed E-state index contributed by atoms with van der Waals surface area (Å²) in [6.45, 7) is 1.83. The van der Waals surface area contributed by atoms with Crippen LogP contribution in [0.5, 0.6) is 0 Å². The van der Waals surface area contributed by atoms with Crippen molar-refractivity contribution in [2.24, 2.45) is 0 Å². The predicted octanol–water partition coefficient (Wildman–Crippen LogP) is 4.16. The number of aromatic nitrogens is 2. The van der Waals surface area contributed by atoms with Gasteiger partial charge in [-0.2, -0.15) is 0 Å². The first-order valence-electron chi connectivity index (χ1n) is 7.39. The molecular formula is C18H15ClFN3O. The number of hydrogen-bond donors (Lipinski definition) is 1. The Kier molecular flexibility index (Phi) is 4.62. The van der Waals surface area contributed by atoms with Crippen LogP contribution in [0.25, 0.3) is 5.69 Å². The van der Waals surface area contributed by atoms with Gasteiger partial charge in [0, 0.05) is 18.1 Å². The molecule has 0 aliphatic heterocycles. The monoisotopic (exact) mass is 343 g/mol. The Balaban J connectivity index is 1.75. The summed E-state index contributed by atoms with van der Waals surface area (Å²) in [4.78, 5) is 16.3. The highest BCUT2D eigenvalue weighted by atomic mass is 35.5. The van der Waals surface area contributed by atoms with Crippen molar-refractivity contribution in [2.75, 3.05) is 0 Å². The molecule has 1 heterocycles. The second-order valence-corrected chi connectivity index (χ2v) is 5.76. The van der Waals surface area contributed by atoms with E-state index in [4.69, 9.17) is 11.6 Å². The SMILES string of the molecule is C[C@H](NC(=O)c1c(F)cccc1Cl)c1ccc(-n2ccnc2)cc1. The summed E-state index contributed by atoms with van der Waals surface area (Å²) in [6.07, 6.45) is 5.26. The van der Waals surface area contributed by atoms with Gasteiger partial charge in [0.2, 0.25) is 0 Å². The van der Waals surface area contributed by atoms with Crippen LogP contribution in [0.15, 0.2) is 61.2 Å². The lowest BCUT2D eigenvalue weighted by Gasteiger charge is -2.16. The summed E-state index contributed by atoms with van der Waals surface area (Å²) < 4.78 is 15.7. The van der Waals surface area contributed by atoms with Crippen molar-refractivity contribution >= 4 is 17.5 Å². The predicted molar refractivity (Wildman–Crippen MR) is 90.9 cm³/mol. The second kappa shape index (κ2) is 6.84. The normalized spacial score (nSPS) is 12.0. The van der Waals surface area contributed by atoms with E-state index < -0.39 is 11.7 Å². The molecular weight excluding hydrogens is 329 g/mol. The molecule has 0 fully saturated rings. The molecule has 6 heteroatoms. The van der Waals surface area contributed by atoms with E-state index >= 15 is 0 Å². The molecule has 24 heavy (non-hydrogen) atoms. The van der Waals surface area contributed by atoms with E-state index in [-0.39, 0.29) is 16.6 Å². The molecule has 2 aromatic carbocycles. The molecule has 1 N–H and O–H groups in total. The molecule has 4 nitrogen and oxygen atoms in total. The van der Waals surface area contributed by atoms with Crippen LogP contribution in [-0.2, 0) is 0 Å². The Labute approximate surface area is 143 Å². The first-order chi connectivity index (χ1) is 11.6. The van der Waals surface area contributed by atoms with Gasteiger partial charge in [0.25, 0.3) is 5.91 Å². The van der Waals surface area contributed by atoms with Crippen LogP contribution < -0.4 is 5.32 Å². The Hall–Kier alpha value is -2.66. The number of halogens is 2. The molecule has 0 radical (unpaired) electrons. The lowest BCUT2D eigenvalue weighted by Crippen LogP contribution is -2.27. The van der Waals surface area contributed by atoms with Crippen molar-refractivity contribution in [3.05, 3.63) is 83.2 Å². The largest absolute Gasteiger partial charge is 0.345 e. The Morgan fingerprint density at radius 3 is 2.62 bits per heavy atom. The number of carbonyl (C=O) groups is 1. The average molecular weight is 344 g/mol. The maximum absolute atomic E-state index is 13.8. The van der Waals surface area contributed by atoms with Crippen LogP contribution in [-0.4, -0.2) is 15.5 Å². The van der Waals surface area contributed by atoms with Gasteiger partial charge in [0.15, 0.2) is 0 Å². The van der Waals surface area contributed by atoms with Crippen molar-refractivity contribution < 1.29 is 9.18 Å². The standard InChI is InChI=1S/C18H15ClFN3O/c1-12(22-18(24)17-15(19)3-2-4-16(17)20)13-5-7-14(8-6-13)23-10-9-21-11-23/h2-12H,1H3,(H,22,24)/t12-/m0/s1. The molecule has 3 rings (SSSR count). The number of nitrogens with zero attached hydrogens (tertiary/aromatic N) is 2. The van der Waals surface area contributed by atoms with Crippen LogP contribution in [0.2, 0.25) is 5.02 Å². The number of amides is 1. The summed E-state index contributed by atoms with van der Waals surface area (Å²) in [5, 5.41) is 2.86. The van der Waals surface area contributed by atoms with Gasteiger partial charge in [-0.1, -0.05) is 29.8 Å². The van der Waals surface area contributed by atoms with Crippen molar-refractivity contribution in [2.45, 2.75) is 13.0 Å². The third-order valence-corrected chi connectivity index (χ3v) is 4.05. The quantitative estimate of drug-likeness (QED) is 0.773. The fraction of sp³-hybridized carbons (Fsp3) is 0.111. The van der Waals surface area contributed by atoms with Crippen molar-refractivity contribution in [1.29, 1.82) is 0 Å². The summed E-state index contributed by atoms with van der Waals surface area (Å²) in [5.41, 5.74) is 1.73. The minimum atomic E-state index is -0.636. The van der Waals surface area contributed by atoms with Gasteiger partial charge in [-0.3, -0.25) is 4.79 Å². The third kappa shape index (κ3) is 3.31. The summed E-state index contributed by atoms with van der Waals surface area (Å²) in [6, 6.07) is 11.5. The number of carbonyl (C=O) groups excluding carboxylic acids is 1. The molecule has 0 bridgehead atoms. The Morgan fingerprint density at radius 1 is 1.25 bits per heavy atom. The number of rotatable bonds is 4. The molecule has 0 spiro atoms. The fourth-order valence-corrected chi connectivity index (χ4v) is 2.66. The Morgan fingerprint density at radius 2 is 2.00 bits per heavy atom. The van der Waals surface area contributed by atoms with Crippen LogP contribution in [0, 0.1) is 5.82 Å². The Bertz CT molecular complexity index is 827. The van der Waals surface area contributed by atoms with E-state index in [1.807, 2.05) is 42.0 Å².